The van der Waals surface area contributed by atoms with Crippen molar-refractivity contribution in [1.29, 1.82) is 0 Å². The Balaban J connectivity index is 1.65. The second-order valence-electron chi connectivity index (χ2n) is 7.34. The average molecular weight is 429 g/mol. The predicted molar refractivity (Wildman–Crippen MR) is 115 cm³/mol. The van der Waals surface area contributed by atoms with Gasteiger partial charge in [0.05, 0.1) is 7.11 Å². The number of carbonyl (C=O) groups is 1. The third-order valence-electron chi connectivity index (χ3n) is 5.40. The number of anilines is 1. The third-order valence-corrected chi connectivity index (χ3v) is 7.32. The molecule has 0 spiro atoms. The van der Waals surface area contributed by atoms with E-state index in [2.05, 4.69) is 5.32 Å². The molecular formula is C22H24N2O5S. The Bertz CT molecular complexity index is 1190. The molecule has 4 rings (SSSR count). The first-order valence-electron chi connectivity index (χ1n) is 9.89. The molecule has 0 saturated carbocycles. The van der Waals surface area contributed by atoms with Crippen LogP contribution < -0.4 is 10.1 Å². The summed E-state index contributed by atoms with van der Waals surface area (Å²) in [6.45, 7) is 2.79. The van der Waals surface area contributed by atoms with Crippen LogP contribution in [0.4, 0.5) is 5.69 Å². The van der Waals surface area contributed by atoms with Crippen LogP contribution in [-0.2, 0) is 10.0 Å². The van der Waals surface area contributed by atoms with Gasteiger partial charge in [-0.3, -0.25) is 4.79 Å². The Labute approximate surface area is 175 Å². The van der Waals surface area contributed by atoms with Crippen LogP contribution in [0.15, 0.2) is 51.8 Å². The maximum Gasteiger partial charge on any atom is 0.291 e. The molecule has 8 heteroatoms. The number of nitrogens with zero attached hydrogens (tertiary/aromatic N) is 1. The van der Waals surface area contributed by atoms with Gasteiger partial charge in [0.15, 0.2) is 5.76 Å². The Kier molecular flexibility index (Phi) is 5.53. The van der Waals surface area contributed by atoms with E-state index in [1.807, 2.05) is 25.1 Å². The summed E-state index contributed by atoms with van der Waals surface area (Å²) in [5.41, 5.74) is 1.72. The highest BCUT2D eigenvalue weighted by Crippen LogP contribution is 2.32. The number of furan rings is 1. The number of fused-ring (bicyclic) bond motifs is 1. The van der Waals surface area contributed by atoms with Crippen molar-refractivity contribution in [3.05, 3.63) is 53.8 Å². The van der Waals surface area contributed by atoms with Gasteiger partial charge in [0.1, 0.15) is 16.2 Å². The van der Waals surface area contributed by atoms with Crippen LogP contribution in [0.2, 0.25) is 0 Å². The number of piperidine rings is 1. The van der Waals surface area contributed by atoms with Crippen molar-refractivity contribution in [2.24, 2.45) is 0 Å². The van der Waals surface area contributed by atoms with Gasteiger partial charge in [0.2, 0.25) is 10.0 Å². The number of ether oxygens (including phenoxy) is 1. The number of hydrogen-bond acceptors (Lipinski definition) is 5. The van der Waals surface area contributed by atoms with Crippen LogP contribution in [0.25, 0.3) is 11.0 Å². The lowest BCUT2D eigenvalue weighted by molar-refractivity contribution is 0.0998. The van der Waals surface area contributed by atoms with Crippen LogP contribution in [-0.4, -0.2) is 38.8 Å². The predicted octanol–water partition coefficient (Wildman–Crippen LogP) is 4.18. The van der Waals surface area contributed by atoms with Crippen LogP contribution in [0.3, 0.4) is 0 Å². The molecule has 1 aliphatic rings. The summed E-state index contributed by atoms with van der Waals surface area (Å²) < 4.78 is 38.8. The quantitative estimate of drug-likeness (QED) is 0.659. The number of amides is 1. The summed E-state index contributed by atoms with van der Waals surface area (Å²) in [6.07, 6.45) is 2.70. The molecular weight excluding hydrogens is 404 g/mol. The summed E-state index contributed by atoms with van der Waals surface area (Å²) in [4.78, 5) is 12.9. The Hall–Kier alpha value is -2.84. The number of para-hydroxylation sites is 1. The normalized spacial score (nSPS) is 15.3. The van der Waals surface area contributed by atoms with Crippen molar-refractivity contribution in [2.45, 2.75) is 31.1 Å². The zero-order chi connectivity index (χ0) is 21.3. The van der Waals surface area contributed by atoms with Gasteiger partial charge in [0.25, 0.3) is 5.91 Å². The Morgan fingerprint density at radius 2 is 1.83 bits per heavy atom. The highest BCUT2D eigenvalue weighted by atomic mass is 32.2. The molecule has 0 bridgehead atoms. The standard InChI is InChI=1S/C22H24N2O5S/c1-15-17-8-4-5-9-18(17)29-21(15)22(25)23-16-10-11-19(28-2)20(14-16)30(26,27)24-12-6-3-7-13-24/h4-5,8-11,14H,3,6-7,12-13H2,1-2H3,(H,23,25). The smallest absolute Gasteiger partial charge is 0.291 e. The maximum absolute atomic E-state index is 13.2. The Morgan fingerprint density at radius 1 is 1.10 bits per heavy atom. The molecule has 2 heterocycles. The van der Waals surface area contributed by atoms with E-state index in [4.69, 9.17) is 9.15 Å². The highest BCUT2D eigenvalue weighted by Gasteiger charge is 2.29. The Morgan fingerprint density at radius 3 is 2.53 bits per heavy atom. The number of nitrogens with one attached hydrogen (secondary N) is 1. The minimum absolute atomic E-state index is 0.0472. The highest BCUT2D eigenvalue weighted by molar-refractivity contribution is 7.89. The van der Waals surface area contributed by atoms with Gasteiger partial charge in [0, 0.05) is 29.7 Å². The van der Waals surface area contributed by atoms with E-state index in [-0.39, 0.29) is 16.4 Å². The van der Waals surface area contributed by atoms with Crippen molar-refractivity contribution >= 4 is 32.6 Å². The number of methoxy groups -OCH3 is 1. The summed E-state index contributed by atoms with van der Waals surface area (Å²) in [7, 11) is -2.29. The van der Waals surface area contributed by atoms with Gasteiger partial charge in [-0.25, -0.2) is 8.42 Å². The fourth-order valence-electron chi connectivity index (χ4n) is 3.78. The molecule has 1 amide bonds. The van der Waals surface area contributed by atoms with Crippen molar-refractivity contribution in [2.75, 3.05) is 25.5 Å². The van der Waals surface area contributed by atoms with E-state index < -0.39 is 15.9 Å². The molecule has 7 nitrogen and oxygen atoms in total. The SMILES string of the molecule is COc1ccc(NC(=O)c2oc3ccccc3c2C)cc1S(=O)(=O)N1CCCCC1. The number of carbonyl (C=O) groups excluding carboxylic acids is 1. The van der Waals surface area contributed by atoms with E-state index >= 15 is 0 Å². The molecule has 1 saturated heterocycles. The van der Waals surface area contributed by atoms with Crippen LogP contribution in [0.5, 0.6) is 5.75 Å². The zero-order valence-electron chi connectivity index (χ0n) is 17.0. The van der Waals surface area contributed by atoms with Crippen molar-refractivity contribution < 1.29 is 22.4 Å². The van der Waals surface area contributed by atoms with Crippen molar-refractivity contribution in [3.8, 4) is 5.75 Å². The molecule has 0 radical (unpaired) electrons. The number of rotatable bonds is 5. The fraction of sp³-hybridized carbons (Fsp3) is 0.318. The van der Waals surface area contributed by atoms with E-state index in [0.717, 1.165) is 30.2 Å². The van der Waals surface area contributed by atoms with Crippen LogP contribution in [0.1, 0.15) is 35.4 Å². The number of hydrogen-bond donors (Lipinski definition) is 1. The molecule has 0 atom stereocenters. The second kappa shape index (κ2) is 8.12. The van der Waals surface area contributed by atoms with Crippen LogP contribution in [0, 0.1) is 6.92 Å². The molecule has 3 aromatic rings. The average Bonchev–Trinajstić information content (AvgIpc) is 3.11. The van der Waals surface area contributed by atoms with Gasteiger partial charge >= 0.3 is 0 Å². The van der Waals surface area contributed by atoms with E-state index in [9.17, 15) is 13.2 Å². The minimum atomic E-state index is -3.72. The van der Waals surface area contributed by atoms with Crippen molar-refractivity contribution in [3.63, 3.8) is 0 Å². The number of sulfonamides is 1. The first-order valence-corrected chi connectivity index (χ1v) is 11.3. The van der Waals surface area contributed by atoms with Crippen molar-refractivity contribution in [1.82, 2.24) is 4.31 Å². The molecule has 1 N–H and O–H groups in total. The summed E-state index contributed by atoms with van der Waals surface area (Å²) >= 11 is 0. The molecule has 1 aliphatic heterocycles. The van der Waals surface area contributed by atoms with Gasteiger partial charge in [-0.2, -0.15) is 4.31 Å². The molecule has 0 unspecified atom stereocenters. The minimum Gasteiger partial charge on any atom is -0.495 e. The molecule has 1 aromatic heterocycles. The van der Waals surface area contributed by atoms with Crippen LogP contribution >= 0.6 is 0 Å². The number of benzene rings is 2. The molecule has 0 aliphatic carbocycles. The van der Waals surface area contributed by atoms with Gasteiger partial charge < -0.3 is 14.5 Å². The third kappa shape index (κ3) is 3.68. The second-order valence-corrected chi connectivity index (χ2v) is 9.24. The maximum atomic E-state index is 13.2. The first-order chi connectivity index (χ1) is 14.4. The topological polar surface area (TPSA) is 88.8 Å². The lowest BCUT2D eigenvalue weighted by Gasteiger charge is -2.26. The lowest BCUT2D eigenvalue weighted by Crippen LogP contribution is -2.35. The molecule has 30 heavy (non-hydrogen) atoms. The monoisotopic (exact) mass is 428 g/mol. The van der Waals surface area contributed by atoms with E-state index in [1.54, 1.807) is 18.2 Å². The van der Waals surface area contributed by atoms with Gasteiger partial charge in [-0.1, -0.05) is 24.6 Å². The molecule has 2 aromatic carbocycles. The zero-order valence-corrected chi connectivity index (χ0v) is 17.8. The first kappa shape index (κ1) is 20.4. The summed E-state index contributed by atoms with van der Waals surface area (Å²) in [5.74, 6) is 0.0149. The largest absolute Gasteiger partial charge is 0.495 e. The fourth-order valence-corrected chi connectivity index (χ4v) is 5.48. The number of aryl methyl sites for hydroxylation is 1. The molecule has 158 valence electrons. The summed E-state index contributed by atoms with van der Waals surface area (Å²) in [6, 6.07) is 12.0. The van der Waals surface area contributed by atoms with E-state index in [1.165, 1.54) is 17.5 Å². The lowest BCUT2D eigenvalue weighted by atomic mass is 10.1. The molecule has 1 fully saturated rings. The van der Waals surface area contributed by atoms with E-state index in [0.29, 0.717) is 24.4 Å². The van der Waals surface area contributed by atoms with Gasteiger partial charge in [-0.05, 0) is 44.0 Å². The summed E-state index contributed by atoms with van der Waals surface area (Å²) in [5, 5.41) is 3.62. The van der Waals surface area contributed by atoms with Gasteiger partial charge in [-0.15, -0.1) is 0 Å².